The molecule has 2 N–H and O–H groups in total. The lowest BCUT2D eigenvalue weighted by molar-refractivity contribution is -0.143. The molecule has 0 radical (unpaired) electrons. The monoisotopic (exact) mass is 357 g/mol. The van der Waals surface area contributed by atoms with Gasteiger partial charge in [-0.3, -0.25) is 9.78 Å². The van der Waals surface area contributed by atoms with Gasteiger partial charge in [0, 0.05) is 31.7 Å². The third-order valence-corrected chi connectivity index (χ3v) is 5.67. The fourth-order valence-electron chi connectivity index (χ4n) is 3.59. The molecule has 7 nitrogen and oxygen atoms in total. The van der Waals surface area contributed by atoms with Crippen LogP contribution in [0.1, 0.15) is 51.3 Å². The van der Waals surface area contributed by atoms with Gasteiger partial charge in [-0.15, -0.1) is 0 Å². The predicted molar refractivity (Wildman–Crippen MR) is 98.2 cm³/mol. The Labute approximate surface area is 154 Å². The van der Waals surface area contributed by atoms with Crippen LogP contribution in [0.25, 0.3) is 11.5 Å². The van der Waals surface area contributed by atoms with Gasteiger partial charge in [0.2, 0.25) is 17.6 Å². The van der Waals surface area contributed by atoms with Gasteiger partial charge >= 0.3 is 0 Å². The van der Waals surface area contributed by atoms with E-state index in [0.29, 0.717) is 37.0 Å². The number of amides is 1. The highest BCUT2D eigenvalue weighted by Crippen LogP contribution is 2.33. The molecular weight excluding hydrogens is 330 g/mol. The molecule has 0 spiro atoms. The molecule has 0 unspecified atom stereocenters. The van der Waals surface area contributed by atoms with Crippen LogP contribution in [-0.4, -0.2) is 45.6 Å². The van der Waals surface area contributed by atoms with E-state index in [4.69, 9.17) is 10.3 Å². The first-order chi connectivity index (χ1) is 12.6. The topological polar surface area (TPSA) is 98.1 Å². The number of aromatic nitrogens is 3. The number of carbonyl (C=O) groups excluding carboxylic acids is 1. The van der Waals surface area contributed by atoms with Crippen molar-refractivity contribution in [3.8, 4) is 11.5 Å². The Bertz CT molecular complexity index is 710. The molecule has 2 aromatic rings. The second kappa shape index (κ2) is 7.95. The third-order valence-electron chi connectivity index (χ3n) is 5.67. The van der Waals surface area contributed by atoms with Gasteiger partial charge in [-0.05, 0) is 37.8 Å². The van der Waals surface area contributed by atoms with E-state index in [0.717, 1.165) is 25.7 Å². The molecule has 1 saturated heterocycles. The molecule has 0 saturated carbocycles. The van der Waals surface area contributed by atoms with E-state index in [9.17, 15) is 4.79 Å². The van der Waals surface area contributed by atoms with Crippen LogP contribution < -0.4 is 5.73 Å². The van der Waals surface area contributed by atoms with Gasteiger partial charge in [0.25, 0.3) is 0 Å². The molecule has 1 aliphatic heterocycles. The minimum Gasteiger partial charge on any atom is -0.342 e. The molecule has 0 atom stereocenters. The van der Waals surface area contributed by atoms with Gasteiger partial charge in [0.05, 0.1) is 5.41 Å². The summed E-state index contributed by atoms with van der Waals surface area (Å²) in [6, 6.07) is 5.61. The van der Waals surface area contributed by atoms with E-state index in [1.165, 1.54) is 0 Å². The smallest absolute Gasteiger partial charge is 0.230 e. The molecule has 7 heteroatoms. The first-order valence-electron chi connectivity index (χ1n) is 9.38. The molecule has 0 aliphatic carbocycles. The van der Waals surface area contributed by atoms with Crippen LogP contribution in [0.2, 0.25) is 0 Å². The van der Waals surface area contributed by atoms with Gasteiger partial charge in [-0.2, -0.15) is 4.98 Å². The van der Waals surface area contributed by atoms with E-state index in [2.05, 4.69) is 15.1 Å². The molecule has 0 aromatic carbocycles. The maximum atomic E-state index is 12.9. The maximum absolute atomic E-state index is 12.9. The lowest BCUT2D eigenvalue weighted by Crippen LogP contribution is -2.49. The van der Waals surface area contributed by atoms with Gasteiger partial charge in [-0.25, -0.2) is 0 Å². The van der Waals surface area contributed by atoms with E-state index < -0.39 is 5.41 Å². The first-order valence-corrected chi connectivity index (χ1v) is 9.38. The number of carbonyl (C=O) groups is 1. The third kappa shape index (κ3) is 3.49. The average Bonchev–Trinajstić information content (AvgIpc) is 3.21. The molecular formula is C19H27N5O2. The zero-order valence-electron chi connectivity index (χ0n) is 15.5. The van der Waals surface area contributed by atoms with Crippen molar-refractivity contribution in [2.45, 2.75) is 45.4 Å². The van der Waals surface area contributed by atoms with Crippen LogP contribution in [0.15, 0.2) is 28.9 Å². The predicted octanol–water partition coefficient (Wildman–Crippen LogP) is 2.60. The van der Waals surface area contributed by atoms with Crippen LogP contribution in [0.4, 0.5) is 0 Å². The van der Waals surface area contributed by atoms with Crippen molar-refractivity contribution in [1.82, 2.24) is 20.0 Å². The van der Waals surface area contributed by atoms with E-state index >= 15 is 0 Å². The molecule has 2 aromatic heterocycles. The molecule has 1 aliphatic rings. The largest absolute Gasteiger partial charge is 0.342 e. The summed E-state index contributed by atoms with van der Waals surface area (Å²) >= 11 is 0. The molecule has 140 valence electrons. The number of hydrogen-bond donors (Lipinski definition) is 1. The summed E-state index contributed by atoms with van der Waals surface area (Å²) in [6.45, 7) is 5.88. The lowest BCUT2D eigenvalue weighted by atomic mass is 9.80. The summed E-state index contributed by atoms with van der Waals surface area (Å²) in [7, 11) is 0. The molecule has 3 rings (SSSR count). The van der Waals surface area contributed by atoms with Crippen molar-refractivity contribution < 1.29 is 9.32 Å². The van der Waals surface area contributed by atoms with Crippen LogP contribution >= 0.6 is 0 Å². The summed E-state index contributed by atoms with van der Waals surface area (Å²) < 4.78 is 5.46. The van der Waals surface area contributed by atoms with Crippen molar-refractivity contribution in [1.29, 1.82) is 0 Å². The van der Waals surface area contributed by atoms with Crippen LogP contribution in [-0.2, 0) is 4.79 Å². The fourth-order valence-corrected chi connectivity index (χ4v) is 3.59. The minimum atomic E-state index is -0.427. The number of likely N-dealkylation sites (tertiary alicyclic amines) is 1. The maximum Gasteiger partial charge on any atom is 0.230 e. The minimum absolute atomic E-state index is 0.180. The molecule has 26 heavy (non-hydrogen) atoms. The first kappa shape index (κ1) is 18.5. The second-order valence-electron chi connectivity index (χ2n) is 6.93. The summed E-state index contributed by atoms with van der Waals surface area (Å²) in [6.07, 6.45) is 4.90. The van der Waals surface area contributed by atoms with Gasteiger partial charge in [0.15, 0.2) is 0 Å². The summed E-state index contributed by atoms with van der Waals surface area (Å²) in [5, 5.41) is 4.05. The highest BCUT2D eigenvalue weighted by molar-refractivity contribution is 5.83. The molecule has 1 fully saturated rings. The Morgan fingerprint density at radius 3 is 2.62 bits per heavy atom. The van der Waals surface area contributed by atoms with Crippen LogP contribution in [0.3, 0.4) is 0 Å². The van der Waals surface area contributed by atoms with Crippen molar-refractivity contribution >= 4 is 5.91 Å². The highest BCUT2D eigenvalue weighted by atomic mass is 16.5. The zero-order chi connectivity index (χ0) is 18.6. The molecule has 3 heterocycles. The number of hydrogen-bond acceptors (Lipinski definition) is 6. The lowest BCUT2D eigenvalue weighted by Gasteiger charge is -2.38. The van der Waals surface area contributed by atoms with Crippen LogP contribution in [0, 0.1) is 5.41 Å². The average molecular weight is 357 g/mol. The van der Waals surface area contributed by atoms with Crippen molar-refractivity contribution in [2.24, 2.45) is 11.1 Å². The van der Waals surface area contributed by atoms with Gasteiger partial charge < -0.3 is 15.2 Å². The molecule has 1 amide bonds. The van der Waals surface area contributed by atoms with Gasteiger partial charge in [-0.1, -0.05) is 25.1 Å². The summed E-state index contributed by atoms with van der Waals surface area (Å²) in [5.41, 5.74) is 6.20. The van der Waals surface area contributed by atoms with E-state index in [1.807, 2.05) is 36.9 Å². The zero-order valence-corrected chi connectivity index (χ0v) is 15.5. The Kier molecular flexibility index (Phi) is 5.66. The normalized spacial score (nSPS) is 16.0. The van der Waals surface area contributed by atoms with Crippen LogP contribution in [0.5, 0.6) is 0 Å². The Morgan fingerprint density at radius 2 is 2.04 bits per heavy atom. The quantitative estimate of drug-likeness (QED) is 0.853. The number of nitrogens with zero attached hydrogens (tertiary/aromatic N) is 4. The summed E-state index contributed by atoms with van der Waals surface area (Å²) in [4.78, 5) is 23.6. The highest BCUT2D eigenvalue weighted by Gasteiger charge is 2.38. The van der Waals surface area contributed by atoms with Crippen molar-refractivity contribution in [2.75, 3.05) is 19.6 Å². The summed E-state index contributed by atoms with van der Waals surface area (Å²) in [5.74, 6) is 1.51. The number of nitrogens with two attached hydrogens (primary N) is 1. The second-order valence-corrected chi connectivity index (χ2v) is 6.93. The molecule has 0 bridgehead atoms. The Morgan fingerprint density at radius 1 is 1.31 bits per heavy atom. The Balaban J connectivity index is 1.64. The van der Waals surface area contributed by atoms with Crippen molar-refractivity contribution in [3.63, 3.8) is 0 Å². The van der Waals surface area contributed by atoms with Crippen molar-refractivity contribution in [3.05, 3.63) is 30.3 Å². The Hall–Kier alpha value is -2.28. The van der Waals surface area contributed by atoms with E-state index in [1.54, 1.807) is 6.20 Å². The number of pyridine rings is 1. The van der Waals surface area contributed by atoms with Gasteiger partial charge in [0.1, 0.15) is 5.69 Å². The standard InChI is InChI=1S/C19H27N5O2/c1-3-19(4-2,13-20)18(25)24-11-8-14(9-12-24)17-22-16(23-26-17)15-7-5-6-10-21-15/h5-7,10,14H,3-4,8-9,11-13,20H2,1-2H3. The van der Waals surface area contributed by atoms with E-state index in [-0.39, 0.29) is 11.8 Å². The number of rotatable bonds is 6. The SMILES string of the molecule is CCC(CC)(CN)C(=O)N1CCC(c2nc(-c3ccccn3)no2)CC1. The number of piperidine rings is 1. The fraction of sp³-hybridized carbons (Fsp3) is 0.579.